The van der Waals surface area contributed by atoms with E-state index in [1.54, 1.807) is 48.5 Å². The summed E-state index contributed by atoms with van der Waals surface area (Å²) in [5.74, 6) is 0.897. The van der Waals surface area contributed by atoms with E-state index >= 15 is 0 Å². The number of nitrogens with one attached hydrogen (secondary N) is 5. The van der Waals surface area contributed by atoms with Crippen LogP contribution in [0.5, 0.6) is 11.5 Å². The van der Waals surface area contributed by atoms with Crippen molar-refractivity contribution in [2.45, 2.75) is 113 Å². The summed E-state index contributed by atoms with van der Waals surface area (Å²) in [6.07, 6.45) is -0.0497. The minimum atomic E-state index is -1.37. The van der Waals surface area contributed by atoms with Gasteiger partial charge in [-0.25, -0.2) is 14.4 Å². The van der Waals surface area contributed by atoms with Gasteiger partial charge in [0, 0.05) is 22.7 Å². The van der Waals surface area contributed by atoms with Crippen molar-refractivity contribution in [1.82, 2.24) is 5.32 Å². The molecule has 6 N–H and O–H groups in total. The zero-order chi connectivity index (χ0) is 42.3. The molecule has 5 amide bonds. The van der Waals surface area contributed by atoms with Gasteiger partial charge in [0.15, 0.2) is 0 Å². The topological polar surface area (TPSA) is 150 Å². The number of aliphatic hydroxyl groups excluding tert-OH is 1. The maximum atomic E-state index is 12.8. The number of amides is 5. The second-order valence-corrected chi connectivity index (χ2v) is 18.5. The summed E-state index contributed by atoms with van der Waals surface area (Å²) in [4.78, 5) is 38.3. The molecule has 1 unspecified atom stereocenters. The van der Waals surface area contributed by atoms with Gasteiger partial charge in [-0.1, -0.05) is 106 Å². The van der Waals surface area contributed by atoms with Gasteiger partial charge in [-0.2, -0.15) is 0 Å². The molecule has 0 aromatic heterocycles. The Morgan fingerprint density at radius 1 is 0.579 bits per heavy atom. The highest BCUT2D eigenvalue weighted by molar-refractivity contribution is 6.05. The van der Waals surface area contributed by atoms with Crippen molar-refractivity contribution in [3.05, 3.63) is 107 Å². The van der Waals surface area contributed by atoms with Crippen LogP contribution < -0.4 is 36.1 Å². The Hall–Kier alpha value is -5.55. The van der Waals surface area contributed by atoms with Gasteiger partial charge in [0.05, 0.1) is 0 Å². The number of aliphatic hydroxyl groups is 1. The molecular formula is C46H61N5O6. The van der Waals surface area contributed by atoms with Crippen LogP contribution in [0.4, 0.5) is 37.1 Å². The molecule has 0 aliphatic rings. The fourth-order valence-corrected chi connectivity index (χ4v) is 7.47. The Morgan fingerprint density at radius 2 is 1.00 bits per heavy atom. The van der Waals surface area contributed by atoms with Crippen molar-refractivity contribution in [1.29, 1.82) is 0 Å². The van der Waals surface area contributed by atoms with Crippen LogP contribution in [0.2, 0.25) is 0 Å². The van der Waals surface area contributed by atoms with Gasteiger partial charge in [0.1, 0.15) is 11.5 Å². The van der Waals surface area contributed by atoms with Crippen molar-refractivity contribution in [2.75, 3.05) is 21.3 Å². The summed E-state index contributed by atoms with van der Waals surface area (Å²) < 4.78 is 11.3. The highest BCUT2D eigenvalue weighted by atomic mass is 16.6. The van der Waals surface area contributed by atoms with E-state index in [0.29, 0.717) is 34.2 Å². The monoisotopic (exact) mass is 779 g/mol. The molecule has 0 aliphatic carbocycles. The summed E-state index contributed by atoms with van der Waals surface area (Å²) in [7, 11) is 0. The van der Waals surface area contributed by atoms with Crippen LogP contribution in [-0.4, -0.2) is 29.7 Å². The third kappa shape index (κ3) is 13.9. The average molecular weight is 780 g/mol. The standard InChI is InChI=1S/C46H61N5O6/c1-29-13-19-33(25-37(29)49-41(54)56-35-21-15-31(16-22-35)45(9,10)27-43(3,4)5)47-39(52)51-40(53)48-34-20-14-30(2)38(26-34)50-42(55)57-36-23-17-32(18-24-36)46(11,12)28-44(6,7)8/h13-26,41,49,54H,27-28H2,1-12H3,(H,50,55)(H3,47,48,51,52,53). The van der Waals surface area contributed by atoms with Crippen LogP contribution in [0, 0.1) is 24.7 Å². The fourth-order valence-electron chi connectivity index (χ4n) is 7.47. The van der Waals surface area contributed by atoms with Crippen molar-refractivity contribution in [3.63, 3.8) is 0 Å². The number of hydrogen-bond acceptors (Lipinski definition) is 7. The molecule has 0 aliphatic heterocycles. The molecule has 0 heterocycles. The van der Waals surface area contributed by atoms with Crippen molar-refractivity contribution < 1.29 is 29.0 Å². The molecule has 11 heteroatoms. The Labute approximate surface area is 338 Å². The molecule has 11 nitrogen and oxygen atoms in total. The molecule has 4 rings (SSSR count). The van der Waals surface area contributed by atoms with E-state index in [1.807, 2.05) is 50.2 Å². The van der Waals surface area contributed by atoms with Crippen LogP contribution in [0.15, 0.2) is 84.9 Å². The van der Waals surface area contributed by atoms with E-state index < -0.39 is 24.6 Å². The van der Waals surface area contributed by atoms with Gasteiger partial charge in [-0.3, -0.25) is 10.6 Å². The third-order valence-corrected chi connectivity index (χ3v) is 9.41. The zero-order valence-electron chi connectivity index (χ0n) is 35.6. The normalized spacial score (nSPS) is 12.6. The second kappa shape index (κ2) is 17.7. The third-order valence-electron chi connectivity index (χ3n) is 9.41. The number of carbonyl (C=O) groups excluding carboxylic acids is 3. The van der Waals surface area contributed by atoms with Crippen molar-refractivity contribution >= 4 is 40.9 Å². The van der Waals surface area contributed by atoms with Gasteiger partial charge in [0.2, 0.25) is 0 Å². The lowest BCUT2D eigenvalue weighted by molar-refractivity contribution is 0.00767. The van der Waals surface area contributed by atoms with Crippen LogP contribution in [-0.2, 0) is 10.8 Å². The summed E-state index contributed by atoms with van der Waals surface area (Å²) >= 11 is 0. The molecule has 0 bridgehead atoms. The van der Waals surface area contributed by atoms with Crippen molar-refractivity contribution in [3.8, 4) is 11.5 Å². The van der Waals surface area contributed by atoms with E-state index in [-0.39, 0.29) is 21.7 Å². The highest BCUT2D eigenvalue weighted by Crippen LogP contribution is 2.38. The number of imide groups is 1. The molecule has 4 aromatic rings. The molecule has 0 saturated carbocycles. The predicted molar refractivity (Wildman–Crippen MR) is 231 cm³/mol. The van der Waals surface area contributed by atoms with Crippen molar-refractivity contribution in [2.24, 2.45) is 10.8 Å². The van der Waals surface area contributed by atoms with Crippen LogP contribution in [0.25, 0.3) is 0 Å². The second-order valence-electron chi connectivity index (χ2n) is 18.5. The summed E-state index contributed by atoms with van der Waals surface area (Å²) in [6.45, 7) is 25.8. The maximum absolute atomic E-state index is 12.8. The first-order valence-corrected chi connectivity index (χ1v) is 19.3. The number of benzene rings is 4. The average Bonchev–Trinajstić information content (AvgIpc) is 3.06. The number of aryl methyl sites for hydroxylation is 2. The minimum Gasteiger partial charge on any atom is -0.447 e. The summed E-state index contributed by atoms with van der Waals surface area (Å²) in [6, 6.07) is 23.6. The molecule has 0 spiro atoms. The first-order chi connectivity index (χ1) is 26.4. The Balaban J connectivity index is 1.28. The lowest BCUT2D eigenvalue weighted by atomic mass is 9.72. The van der Waals surface area contributed by atoms with Gasteiger partial charge >= 0.3 is 18.2 Å². The van der Waals surface area contributed by atoms with E-state index in [9.17, 15) is 19.5 Å². The van der Waals surface area contributed by atoms with E-state index in [4.69, 9.17) is 9.47 Å². The number of anilines is 4. The molecule has 0 fully saturated rings. The summed E-state index contributed by atoms with van der Waals surface area (Å²) in [5, 5.41) is 23.8. The quantitative estimate of drug-likeness (QED) is 0.0784. The minimum absolute atomic E-state index is 0.0250. The fraction of sp³-hybridized carbons (Fsp3) is 0.413. The molecule has 4 aromatic carbocycles. The van der Waals surface area contributed by atoms with E-state index in [1.165, 1.54) is 5.56 Å². The SMILES string of the molecule is Cc1ccc(NC(=O)NC(=O)Nc2ccc(C)c(NC(O)Oc3ccc(C(C)(C)CC(C)(C)C)cc3)c2)cc1NC(=O)Oc1ccc(C(C)(C)CC(C)(C)C)cc1. The number of rotatable bonds is 12. The zero-order valence-corrected chi connectivity index (χ0v) is 35.6. The largest absolute Gasteiger partial charge is 0.447 e. The van der Waals surface area contributed by atoms with Gasteiger partial charge in [-0.15, -0.1) is 0 Å². The number of hydrogen-bond donors (Lipinski definition) is 6. The first kappa shape index (κ1) is 44.2. The van der Waals surface area contributed by atoms with Gasteiger partial charge in [0.25, 0.3) is 6.41 Å². The predicted octanol–water partition coefficient (Wildman–Crippen LogP) is 11.5. The van der Waals surface area contributed by atoms with E-state index in [0.717, 1.165) is 29.5 Å². The number of ether oxygens (including phenoxy) is 2. The van der Waals surface area contributed by atoms with Gasteiger partial charge in [-0.05, 0) is 119 Å². The molecule has 306 valence electrons. The molecule has 0 radical (unpaired) electrons. The van der Waals surface area contributed by atoms with Crippen LogP contribution in [0.3, 0.4) is 0 Å². The van der Waals surface area contributed by atoms with E-state index in [2.05, 4.69) is 95.8 Å². The molecule has 1 atom stereocenters. The lowest BCUT2D eigenvalue weighted by Crippen LogP contribution is -2.37. The highest BCUT2D eigenvalue weighted by Gasteiger charge is 2.28. The Morgan fingerprint density at radius 3 is 1.46 bits per heavy atom. The van der Waals surface area contributed by atoms with Crippen LogP contribution >= 0.6 is 0 Å². The lowest BCUT2D eigenvalue weighted by Gasteiger charge is -2.33. The first-order valence-electron chi connectivity index (χ1n) is 19.3. The Bertz CT molecular complexity index is 2030. The van der Waals surface area contributed by atoms with Gasteiger partial charge < -0.3 is 30.5 Å². The van der Waals surface area contributed by atoms with Crippen LogP contribution in [0.1, 0.15) is 104 Å². The molecule has 57 heavy (non-hydrogen) atoms. The molecule has 0 saturated heterocycles. The molecular weight excluding hydrogens is 719 g/mol. The smallest absolute Gasteiger partial charge is 0.417 e. The number of carbonyl (C=O) groups is 3. The Kier molecular flexibility index (Phi) is 13.7. The number of urea groups is 2. The summed E-state index contributed by atoms with van der Waals surface area (Å²) in [5.41, 5.74) is 5.79. The maximum Gasteiger partial charge on any atom is 0.417 e.